The average Bonchev–Trinajstić information content (AvgIpc) is 3.03. The Kier molecular flexibility index (Phi) is 4.24. The molecule has 0 saturated heterocycles. The zero-order valence-corrected chi connectivity index (χ0v) is 14.7. The fourth-order valence-corrected chi connectivity index (χ4v) is 3.54. The molecule has 2 heterocycles. The Morgan fingerprint density at radius 3 is 2.69 bits per heavy atom. The molecular weight excluding hydrogens is 331 g/mol. The first-order chi connectivity index (χ1) is 12.5. The standard InChI is InChI=1S/C19H23FN6/c1-11-2-7-14(8-15(11)20)23-16-9-18(22)25-26-10-17(24-19(16)26)12-3-5-13(21)6-4-12/h2,7-10,12-13,23H,3-6,21H2,1H3,(H2,22,25)/t12-,13-. The lowest BCUT2D eigenvalue weighted by atomic mass is 9.85. The van der Waals surface area contributed by atoms with Gasteiger partial charge in [-0.2, -0.15) is 0 Å². The number of nitrogens with two attached hydrogens (primary N) is 2. The molecule has 4 rings (SSSR count). The number of halogens is 1. The SMILES string of the molecule is Cc1ccc(Nc2cc(N)nn3cc([C@H]4CC[C@H](N)CC4)nc23)cc1F. The highest BCUT2D eigenvalue weighted by Gasteiger charge is 2.23. The summed E-state index contributed by atoms with van der Waals surface area (Å²) in [5.41, 5.74) is 15.6. The van der Waals surface area contributed by atoms with Crippen LogP contribution in [-0.2, 0) is 0 Å². The van der Waals surface area contributed by atoms with Crippen LogP contribution in [0.5, 0.6) is 0 Å². The first kappa shape index (κ1) is 16.8. The van der Waals surface area contributed by atoms with Crippen LogP contribution in [0.15, 0.2) is 30.5 Å². The molecule has 0 unspecified atom stereocenters. The second kappa shape index (κ2) is 6.57. The Balaban J connectivity index is 1.68. The fourth-order valence-electron chi connectivity index (χ4n) is 3.54. The van der Waals surface area contributed by atoms with Gasteiger partial charge < -0.3 is 16.8 Å². The number of anilines is 3. The monoisotopic (exact) mass is 354 g/mol. The molecule has 3 aromatic rings. The van der Waals surface area contributed by atoms with E-state index in [1.54, 1.807) is 23.6 Å². The summed E-state index contributed by atoms with van der Waals surface area (Å²) in [4.78, 5) is 4.79. The zero-order valence-electron chi connectivity index (χ0n) is 14.7. The van der Waals surface area contributed by atoms with Gasteiger partial charge in [-0.25, -0.2) is 13.9 Å². The molecule has 1 saturated carbocycles. The number of hydrogen-bond acceptors (Lipinski definition) is 5. The van der Waals surface area contributed by atoms with E-state index < -0.39 is 0 Å². The quantitative estimate of drug-likeness (QED) is 0.669. The fraction of sp³-hybridized carbons (Fsp3) is 0.368. The van der Waals surface area contributed by atoms with Crippen molar-refractivity contribution in [2.24, 2.45) is 5.73 Å². The summed E-state index contributed by atoms with van der Waals surface area (Å²) in [5, 5.41) is 7.55. The van der Waals surface area contributed by atoms with E-state index in [9.17, 15) is 4.39 Å². The number of aromatic nitrogens is 3. The second-order valence-corrected chi connectivity index (χ2v) is 7.12. The van der Waals surface area contributed by atoms with Crippen molar-refractivity contribution in [1.29, 1.82) is 0 Å². The Morgan fingerprint density at radius 2 is 1.96 bits per heavy atom. The van der Waals surface area contributed by atoms with E-state index in [1.807, 2.05) is 12.3 Å². The van der Waals surface area contributed by atoms with Crippen LogP contribution in [0, 0.1) is 12.7 Å². The number of nitrogen functional groups attached to an aromatic ring is 1. The summed E-state index contributed by atoms with van der Waals surface area (Å²) >= 11 is 0. The maximum atomic E-state index is 13.8. The van der Waals surface area contributed by atoms with E-state index in [0.717, 1.165) is 31.4 Å². The maximum Gasteiger partial charge on any atom is 0.177 e. The van der Waals surface area contributed by atoms with Crippen molar-refractivity contribution in [3.63, 3.8) is 0 Å². The normalized spacial score (nSPS) is 20.4. The lowest BCUT2D eigenvalue weighted by molar-refractivity contribution is 0.391. The smallest absolute Gasteiger partial charge is 0.177 e. The minimum atomic E-state index is -0.254. The average molecular weight is 354 g/mol. The van der Waals surface area contributed by atoms with Gasteiger partial charge in [-0.1, -0.05) is 6.07 Å². The zero-order chi connectivity index (χ0) is 18.3. The van der Waals surface area contributed by atoms with Crippen LogP contribution in [0.4, 0.5) is 21.6 Å². The van der Waals surface area contributed by atoms with Crippen LogP contribution >= 0.6 is 0 Å². The number of rotatable bonds is 3. The predicted octanol–water partition coefficient (Wildman–Crippen LogP) is 3.49. The number of nitrogens with zero attached hydrogens (tertiary/aromatic N) is 3. The number of fused-ring (bicyclic) bond motifs is 1. The van der Waals surface area contributed by atoms with Gasteiger partial charge in [0.2, 0.25) is 0 Å². The third kappa shape index (κ3) is 3.22. The third-order valence-corrected chi connectivity index (χ3v) is 5.10. The summed E-state index contributed by atoms with van der Waals surface area (Å²) in [5.74, 6) is 0.514. The van der Waals surface area contributed by atoms with Crippen molar-refractivity contribution in [3.05, 3.63) is 47.5 Å². The second-order valence-electron chi connectivity index (χ2n) is 7.12. The van der Waals surface area contributed by atoms with Crippen LogP contribution in [0.25, 0.3) is 5.65 Å². The summed E-state index contributed by atoms with van der Waals surface area (Å²) in [7, 11) is 0. The lowest BCUT2D eigenvalue weighted by Crippen LogP contribution is -2.25. The van der Waals surface area contributed by atoms with E-state index in [0.29, 0.717) is 40.4 Å². The minimum Gasteiger partial charge on any atom is -0.382 e. The summed E-state index contributed by atoms with van der Waals surface area (Å²) < 4.78 is 15.5. The van der Waals surface area contributed by atoms with Crippen LogP contribution < -0.4 is 16.8 Å². The van der Waals surface area contributed by atoms with E-state index in [2.05, 4.69) is 10.4 Å². The van der Waals surface area contributed by atoms with Crippen molar-refractivity contribution in [3.8, 4) is 0 Å². The maximum absolute atomic E-state index is 13.8. The van der Waals surface area contributed by atoms with Crippen molar-refractivity contribution >= 4 is 22.8 Å². The molecule has 1 fully saturated rings. The molecule has 0 spiro atoms. The van der Waals surface area contributed by atoms with Gasteiger partial charge in [-0.3, -0.25) is 0 Å². The van der Waals surface area contributed by atoms with Gasteiger partial charge in [0.1, 0.15) is 11.6 Å². The van der Waals surface area contributed by atoms with Crippen molar-refractivity contribution in [2.45, 2.75) is 44.6 Å². The Bertz CT molecular complexity index is 943. The van der Waals surface area contributed by atoms with E-state index in [-0.39, 0.29) is 5.82 Å². The number of nitrogens with one attached hydrogen (secondary N) is 1. The van der Waals surface area contributed by atoms with Gasteiger partial charge in [0.15, 0.2) is 5.65 Å². The van der Waals surface area contributed by atoms with Gasteiger partial charge in [-0.05, 0) is 50.3 Å². The van der Waals surface area contributed by atoms with Crippen LogP contribution in [0.3, 0.4) is 0 Å². The summed E-state index contributed by atoms with van der Waals surface area (Å²) in [6, 6.07) is 7.06. The molecule has 6 nitrogen and oxygen atoms in total. The molecule has 0 aliphatic heterocycles. The van der Waals surface area contributed by atoms with Crippen LogP contribution in [-0.4, -0.2) is 20.6 Å². The molecule has 0 bridgehead atoms. The number of imidazole rings is 1. The molecular formula is C19H23FN6. The predicted molar refractivity (Wildman–Crippen MR) is 101 cm³/mol. The van der Waals surface area contributed by atoms with Gasteiger partial charge in [0.25, 0.3) is 0 Å². The van der Waals surface area contributed by atoms with E-state index >= 15 is 0 Å². The van der Waals surface area contributed by atoms with Crippen molar-refractivity contribution in [2.75, 3.05) is 11.1 Å². The lowest BCUT2D eigenvalue weighted by Gasteiger charge is -2.24. The molecule has 0 radical (unpaired) electrons. The van der Waals surface area contributed by atoms with E-state index in [1.165, 1.54) is 6.07 Å². The molecule has 26 heavy (non-hydrogen) atoms. The molecule has 0 amide bonds. The van der Waals surface area contributed by atoms with Crippen molar-refractivity contribution < 1.29 is 4.39 Å². The minimum absolute atomic E-state index is 0.254. The Hall–Kier alpha value is -2.67. The summed E-state index contributed by atoms with van der Waals surface area (Å²) in [6.07, 6.45) is 6.04. The molecule has 136 valence electrons. The van der Waals surface area contributed by atoms with Gasteiger partial charge in [-0.15, -0.1) is 5.10 Å². The first-order valence-electron chi connectivity index (χ1n) is 8.94. The topological polar surface area (TPSA) is 94.3 Å². The van der Waals surface area contributed by atoms with Gasteiger partial charge >= 0.3 is 0 Å². The highest BCUT2D eigenvalue weighted by atomic mass is 19.1. The molecule has 1 aromatic carbocycles. The number of hydrogen-bond donors (Lipinski definition) is 3. The largest absolute Gasteiger partial charge is 0.382 e. The van der Waals surface area contributed by atoms with Gasteiger partial charge in [0, 0.05) is 23.7 Å². The van der Waals surface area contributed by atoms with Gasteiger partial charge in [0.05, 0.1) is 17.6 Å². The van der Waals surface area contributed by atoms with Crippen LogP contribution in [0.2, 0.25) is 0 Å². The third-order valence-electron chi connectivity index (χ3n) is 5.10. The Morgan fingerprint density at radius 1 is 1.19 bits per heavy atom. The molecule has 5 N–H and O–H groups in total. The number of aryl methyl sites for hydroxylation is 1. The molecule has 0 atom stereocenters. The Labute approximate surface area is 151 Å². The van der Waals surface area contributed by atoms with Crippen molar-refractivity contribution in [1.82, 2.24) is 14.6 Å². The summed E-state index contributed by atoms with van der Waals surface area (Å²) in [6.45, 7) is 1.73. The molecule has 7 heteroatoms. The molecule has 2 aromatic heterocycles. The molecule has 1 aliphatic carbocycles. The van der Waals surface area contributed by atoms with Crippen LogP contribution in [0.1, 0.15) is 42.9 Å². The highest BCUT2D eigenvalue weighted by molar-refractivity contribution is 5.75. The molecule has 1 aliphatic rings. The first-order valence-corrected chi connectivity index (χ1v) is 8.94. The van der Waals surface area contributed by atoms with E-state index in [4.69, 9.17) is 16.5 Å². The number of benzene rings is 1. The highest BCUT2D eigenvalue weighted by Crippen LogP contribution is 2.33.